The van der Waals surface area contributed by atoms with Gasteiger partial charge in [-0.05, 0) is 13.3 Å². The van der Waals surface area contributed by atoms with Crippen molar-refractivity contribution in [3.8, 4) is 0 Å². The standard InChI is InChI=1S/C9H16BNO2/c1-4-6-7-8(10)12-9(6,2)5-11(3)13-7/h6-8H,4-5H2,1-3H3/t6-,7+,8-,9+/m1/s1. The molecule has 3 nitrogen and oxygen atoms in total. The maximum Gasteiger partial charge on any atom is 0.112 e. The Morgan fingerprint density at radius 3 is 2.85 bits per heavy atom. The van der Waals surface area contributed by atoms with Crippen molar-refractivity contribution in [3.05, 3.63) is 0 Å². The summed E-state index contributed by atoms with van der Waals surface area (Å²) < 4.78 is 5.76. The van der Waals surface area contributed by atoms with Gasteiger partial charge in [-0.15, -0.1) is 0 Å². The molecule has 2 saturated heterocycles. The summed E-state index contributed by atoms with van der Waals surface area (Å²) >= 11 is 0. The van der Waals surface area contributed by atoms with Gasteiger partial charge in [0.1, 0.15) is 14.0 Å². The first kappa shape index (κ1) is 9.50. The van der Waals surface area contributed by atoms with Crippen molar-refractivity contribution in [2.75, 3.05) is 13.6 Å². The molecule has 2 aliphatic rings. The highest BCUT2D eigenvalue weighted by Crippen LogP contribution is 2.43. The molecule has 4 atom stereocenters. The Labute approximate surface area is 80.7 Å². The van der Waals surface area contributed by atoms with Gasteiger partial charge in [-0.25, -0.2) is 0 Å². The Bertz CT molecular complexity index is 210. The highest BCUT2D eigenvalue weighted by molar-refractivity contribution is 6.11. The third-order valence-corrected chi connectivity index (χ3v) is 3.19. The quantitative estimate of drug-likeness (QED) is 0.551. The number of nitrogens with zero attached hydrogens (tertiary/aromatic N) is 1. The van der Waals surface area contributed by atoms with Crippen LogP contribution in [0.4, 0.5) is 0 Å². The number of rotatable bonds is 1. The van der Waals surface area contributed by atoms with Crippen molar-refractivity contribution in [3.63, 3.8) is 0 Å². The first-order valence-electron chi connectivity index (χ1n) is 4.88. The Morgan fingerprint density at radius 1 is 1.62 bits per heavy atom. The third kappa shape index (κ3) is 1.32. The Hall–Kier alpha value is -0.0551. The molecule has 2 rings (SSSR count). The van der Waals surface area contributed by atoms with Crippen LogP contribution >= 0.6 is 0 Å². The third-order valence-electron chi connectivity index (χ3n) is 3.19. The number of hydrogen-bond donors (Lipinski definition) is 0. The average Bonchev–Trinajstić information content (AvgIpc) is 2.15. The summed E-state index contributed by atoms with van der Waals surface area (Å²) in [5.41, 5.74) is -0.119. The van der Waals surface area contributed by atoms with Crippen molar-refractivity contribution >= 4 is 7.85 Å². The molecule has 2 fully saturated rings. The summed E-state index contributed by atoms with van der Waals surface area (Å²) in [4.78, 5) is 5.64. The fourth-order valence-corrected chi connectivity index (χ4v) is 2.68. The molecule has 0 N–H and O–H groups in total. The number of ether oxygens (including phenoxy) is 1. The lowest BCUT2D eigenvalue weighted by Crippen LogP contribution is -2.51. The zero-order valence-corrected chi connectivity index (χ0v) is 8.49. The van der Waals surface area contributed by atoms with Gasteiger partial charge in [0, 0.05) is 19.0 Å². The minimum atomic E-state index is -0.264. The second-order valence-electron chi connectivity index (χ2n) is 4.27. The van der Waals surface area contributed by atoms with Gasteiger partial charge in [-0.3, -0.25) is 4.84 Å². The molecule has 2 bridgehead atoms. The lowest BCUT2D eigenvalue weighted by atomic mass is 9.80. The fourth-order valence-electron chi connectivity index (χ4n) is 2.68. The number of likely N-dealkylation sites (N-methyl/N-ethyl adjacent to an activating group) is 1. The molecule has 72 valence electrons. The number of hydrogen-bond acceptors (Lipinski definition) is 3. The lowest BCUT2D eigenvalue weighted by molar-refractivity contribution is -0.231. The summed E-state index contributed by atoms with van der Waals surface area (Å²) in [6.45, 7) is 5.09. The maximum atomic E-state index is 5.86. The highest BCUT2D eigenvalue weighted by atomic mass is 16.7. The fraction of sp³-hybridized carbons (Fsp3) is 1.00. The first-order chi connectivity index (χ1) is 6.07. The molecule has 2 aliphatic heterocycles. The number of hydroxylamine groups is 2. The van der Waals surface area contributed by atoms with Crippen LogP contribution in [0, 0.1) is 5.92 Å². The molecule has 0 aromatic carbocycles. The Morgan fingerprint density at radius 2 is 2.31 bits per heavy atom. The van der Waals surface area contributed by atoms with E-state index in [0.717, 1.165) is 13.0 Å². The van der Waals surface area contributed by atoms with Gasteiger partial charge >= 0.3 is 0 Å². The van der Waals surface area contributed by atoms with Crippen LogP contribution in [0.2, 0.25) is 0 Å². The van der Waals surface area contributed by atoms with Crippen molar-refractivity contribution in [1.82, 2.24) is 5.06 Å². The van der Waals surface area contributed by atoms with Gasteiger partial charge in [0.2, 0.25) is 0 Å². The van der Waals surface area contributed by atoms with Crippen LogP contribution in [0.5, 0.6) is 0 Å². The molecule has 2 heterocycles. The summed E-state index contributed by atoms with van der Waals surface area (Å²) in [5.74, 6) is 0.429. The van der Waals surface area contributed by atoms with Crippen molar-refractivity contribution < 1.29 is 9.57 Å². The maximum absolute atomic E-state index is 5.86. The summed E-state index contributed by atoms with van der Waals surface area (Å²) in [6.07, 6.45) is 1.09. The van der Waals surface area contributed by atoms with E-state index < -0.39 is 0 Å². The molecule has 4 heteroatoms. The molecular formula is C9H16BNO2. The van der Waals surface area contributed by atoms with E-state index in [2.05, 4.69) is 13.8 Å². The van der Waals surface area contributed by atoms with Gasteiger partial charge < -0.3 is 4.74 Å². The van der Waals surface area contributed by atoms with Crippen LogP contribution in [-0.4, -0.2) is 44.2 Å². The minimum absolute atomic E-state index is 0.0359. The average molecular weight is 181 g/mol. The molecule has 0 amide bonds. The molecule has 13 heavy (non-hydrogen) atoms. The van der Waals surface area contributed by atoms with E-state index in [1.165, 1.54) is 0 Å². The SMILES string of the molecule is [B][C@@H]1O[C@@]2(C)CN(C)O[C@H]1[C@H]2CC. The predicted octanol–water partition coefficient (Wildman–Crippen LogP) is 0.542. The van der Waals surface area contributed by atoms with E-state index in [4.69, 9.17) is 17.4 Å². The molecular weight excluding hydrogens is 165 g/mol. The first-order valence-corrected chi connectivity index (χ1v) is 4.88. The lowest BCUT2D eigenvalue weighted by Gasteiger charge is -2.40. The second-order valence-corrected chi connectivity index (χ2v) is 4.27. The van der Waals surface area contributed by atoms with Gasteiger partial charge in [0.25, 0.3) is 0 Å². The van der Waals surface area contributed by atoms with Crippen LogP contribution in [0.25, 0.3) is 0 Å². The molecule has 0 unspecified atom stereocenters. The molecule has 0 spiro atoms. The van der Waals surface area contributed by atoms with E-state index in [-0.39, 0.29) is 17.7 Å². The van der Waals surface area contributed by atoms with Crippen molar-refractivity contribution in [1.29, 1.82) is 0 Å². The minimum Gasteiger partial charge on any atom is -0.377 e. The summed E-state index contributed by atoms with van der Waals surface area (Å²) in [7, 11) is 7.79. The van der Waals surface area contributed by atoms with Crippen molar-refractivity contribution in [2.24, 2.45) is 5.92 Å². The van der Waals surface area contributed by atoms with Crippen LogP contribution in [0.1, 0.15) is 20.3 Å². The van der Waals surface area contributed by atoms with E-state index in [1.54, 1.807) is 0 Å². The van der Waals surface area contributed by atoms with E-state index in [0.29, 0.717) is 5.92 Å². The molecule has 0 saturated carbocycles. The summed E-state index contributed by atoms with van der Waals surface area (Å²) in [6, 6.07) is -0.264. The zero-order valence-electron chi connectivity index (χ0n) is 8.49. The Kier molecular flexibility index (Phi) is 2.17. The van der Waals surface area contributed by atoms with Crippen LogP contribution in [0.3, 0.4) is 0 Å². The van der Waals surface area contributed by atoms with Gasteiger partial charge in [-0.1, -0.05) is 6.92 Å². The van der Waals surface area contributed by atoms with Gasteiger partial charge in [-0.2, -0.15) is 5.06 Å². The monoisotopic (exact) mass is 181 g/mol. The number of fused-ring (bicyclic) bond motifs is 2. The molecule has 0 aromatic rings. The van der Waals surface area contributed by atoms with E-state index >= 15 is 0 Å². The van der Waals surface area contributed by atoms with Crippen LogP contribution in [-0.2, 0) is 9.57 Å². The van der Waals surface area contributed by atoms with Crippen molar-refractivity contribution in [2.45, 2.75) is 38.0 Å². The smallest absolute Gasteiger partial charge is 0.112 e. The van der Waals surface area contributed by atoms with Gasteiger partial charge in [0.05, 0.1) is 12.1 Å². The van der Waals surface area contributed by atoms with E-state index in [9.17, 15) is 0 Å². The predicted molar refractivity (Wildman–Crippen MR) is 50.3 cm³/mol. The largest absolute Gasteiger partial charge is 0.377 e. The molecule has 0 aliphatic carbocycles. The summed E-state index contributed by atoms with van der Waals surface area (Å²) in [5, 5.41) is 1.84. The normalized spacial score (nSPS) is 51.2. The van der Waals surface area contributed by atoms with Crippen LogP contribution < -0.4 is 0 Å². The zero-order chi connectivity index (χ0) is 9.64. The molecule has 0 aromatic heterocycles. The molecule has 2 radical (unpaired) electrons. The topological polar surface area (TPSA) is 21.7 Å². The van der Waals surface area contributed by atoms with Crippen LogP contribution in [0.15, 0.2) is 0 Å². The second kappa shape index (κ2) is 2.97. The Balaban J connectivity index is 2.24. The van der Waals surface area contributed by atoms with E-state index in [1.807, 2.05) is 12.1 Å². The van der Waals surface area contributed by atoms with Gasteiger partial charge in [0.15, 0.2) is 0 Å². The highest BCUT2D eigenvalue weighted by Gasteiger charge is 2.54.